The third kappa shape index (κ3) is 4.22. The van der Waals surface area contributed by atoms with Crippen LogP contribution in [0.1, 0.15) is 57.2 Å². The maximum atomic E-state index is 12.8. The molecule has 2 rings (SSSR count). The molecule has 0 aromatic heterocycles. The fraction of sp³-hybridized carbons (Fsp3) is 0.647. The van der Waals surface area contributed by atoms with Crippen molar-refractivity contribution in [3.05, 3.63) is 35.4 Å². The van der Waals surface area contributed by atoms with Crippen LogP contribution in [0.25, 0.3) is 0 Å². The van der Waals surface area contributed by atoms with Crippen molar-refractivity contribution in [2.45, 2.75) is 58.3 Å². The fourth-order valence-corrected chi connectivity index (χ4v) is 3.17. The summed E-state index contributed by atoms with van der Waals surface area (Å²) in [4.78, 5) is 0. The summed E-state index contributed by atoms with van der Waals surface area (Å²) in [7, 11) is 0. The Labute approximate surface area is 124 Å². The molecule has 21 heavy (non-hydrogen) atoms. The summed E-state index contributed by atoms with van der Waals surface area (Å²) in [5.74, 6) is 1.27. The summed E-state index contributed by atoms with van der Waals surface area (Å²) in [6.07, 6.45) is -0.738. The molecule has 0 saturated heterocycles. The molecule has 118 valence electrons. The van der Waals surface area contributed by atoms with E-state index in [1.165, 1.54) is 25.0 Å². The number of hydrogen-bond donors (Lipinski definition) is 1. The topological polar surface area (TPSA) is 12.0 Å². The Morgan fingerprint density at radius 1 is 1.19 bits per heavy atom. The third-order valence-electron chi connectivity index (χ3n) is 4.64. The number of rotatable bonds is 3. The fourth-order valence-electron chi connectivity index (χ4n) is 3.17. The van der Waals surface area contributed by atoms with Gasteiger partial charge in [-0.2, -0.15) is 13.2 Å². The second kappa shape index (κ2) is 6.39. The summed E-state index contributed by atoms with van der Waals surface area (Å²) in [6, 6.07) is 5.96. The molecule has 4 atom stereocenters. The first kappa shape index (κ1) is 16.3. The van der Waals surface area contributed by atoms with Gasteiger partial charge in [0, 0.05) is 12.1 Å². The lowest BCUT2D eigenvalue weighted by Crippen LogP contribution is -2.40. The van der Waals surface area contributed by atoms with Gasteiger partial charge in [0.05, 0.1) is 5.56 Å². The minimum Gasteiger partial charge on any atom is -0.307 e. The second-order valence-corrected chi connectivity index (χ2v) is 6.51. The van der Waals surface area contributed by atoms with E-state index in [2.05, 4.69) is 19.2 Å². The largest absolute Gasteiger partial charge is 0.416 e. The van der Waals surface area contributed by atoms with Crippen molar-refractivity contribution >= 4 is 0 Å². The molecule has 1 nitrogen and oxygen atoms in total. The van der Waals surface area contributed by atoms with E-state index in [9.17, 15) is 13.2 Å². The van der Waals surface area contributed by atoms with E-state index in [-0.39, 0.29) is 6.04 Å². The Bertz CT molecular complexity index is 469. The highest BCUT2D eigenvalue weighted by Crippen LogP contribution is 2.32. The molecule has 0 heterocycles. The zero-order valence-electron chi connectivity index (χ0n) is 12.9. The quantitative estimate of drug-likeness (QED) is 0.811. The van der Waals surface area contributed by atoms with Crippen LogP contribution in [0, 0.1) is 11.8 Å². The summed E-state index contributed by atoms with van der Waals surface area (Å²) in [5, 5.41) is 3.53. The maximum absolute atomic E-state index is 12.8. The smallest absolute Gasteiger partial charge is 0.307 e. The molecule has 0 radical (unpaired) electrons. The number of hydrogen-bond acceptors (Lipinski definition) is 1. The molecule has 1 aromatic rings. The number of nitrogens with one attached hydrogen (secondary N) is 1. The van der Waals surface area contributed by atoms with Crippen LogP contribution >= 0.6 is 0 Å². The molecule has 1 fully saturated rings. The highest BCUT2D eigenvalue weighted by molar-refractivity contribution is 5.27. The first-order valence-electron chi connectivity index (χ1n) is 7.70. The van der Waals surface area contributed by atoms with Gasteiger partial charge in [-0.3, -0.25) is 0 Å². The number of alkyl halides is 3. The van der Waals surface area contributed by atoms with Gasteiger partial charge in [-0.15, -0.1) is 0 Å². The molecule has 1 saturated carbocycles. The van der Waals surface area contributed by atoms with E-state index >= 15 is 0 Å². The van der Waals surface area contributed by atoms with Crippen molar-refractivity contribution in [3.8, 4) is 0 Å². The molecule has 1 aliphatic carbocycles. The molecule has 4 heteroatoms. The van der Waals surface area contributed by atoms with Crippen LogP contribution in [-0.2, 0) is 6.18 Å². The monoisotopic (exact) mass is 299 g/mol. The molecule has 0 spiro atoms. The van der Waals surface area contributed by atoms with Gasteiger partial charge in [0.2, 0.25) is 0 Å². The molecule has 4 unspecified atom stereocenters. The van der Waals surface area contributed by atoms with Gasteiger partial charge in [-0.05, 0) is 49.3 Å². The highest BCUT2D eigenvalue weighted by atomic mass is 19.4. The van der Waals surface area contributed by atoms with Gasteiger partial charge >= 0.3 is 6.18 Å². The van der Waals surface area contributed by atoms with E-state index < -0.39 is 11.7 Å². The lowest BCUT2D eigenvalue weighted by Gasteiger charge is -2.35. The Balaban J connectivity index is 2.08. The molecule has 1 N–H and O–H groups in total. The van der Waals surface area contributed by atoms with Crippen LogP contribution in [0.15, 0.2) is 24.3 Å². The molecular weight excluding hydrogens is 275 g/mol. The van der Waals surface area contributed by atoms with Crippen molar-refractivity contribution < 1.29 is 13.2 Å². The maximum Gasteiger partial charge on any atom is 0.416 e. The zero-order valence-corrected chi connectivity index (χ0v) is 12.9. The van der Waals surface area contributed by atoms with Crippen molar-refractivity contribution in [2.24, 2.45) is 11.8 Å². The second-order valence-electron chi connectivity index (χ2n) is 6.51. The average Bonchev–Trinajstić information content (AvgIpc) is 2.42. The summed E-state index contributed by atoms with van der Waals surface area (Å²) >= 11 is 0. The van der Waals surface area contributed by atoms with E-state index in [0.29, 0.717) is 23.4 Å². The van der Waals surface area contributed by atoms with Crippen molar-refractivity contribution in [3.63, 3.8) is 0 Å². The lowest BCUT2D eigenvalue weighted by molar-refractivity contribution is -0.137. The molecule has 1 aromatic carbocycles. The predicted molar refractivity (Wildman–Crippen MR) is 79.0 cm³/mol. The van der Waals surface area contributed by atoms with Crippen LogP contribution < -0.4 is 5.32 Å². The van der Waals surface area contributed by atoms with Gasteiger partial charge in [-0.1, -0.05) is 32.4 Å². The van der Waals surface area contributed by atoms with E-state index in [4.69, 9.17) is 0 Å². The van der Waals surface area contributed by atoms with E-state index in [1.807, 2.05) is 6.92 Å². The van der Waals surface area contributed by atoms with Gasteiger partial charge in [0.1, 0.15) is 0 Å². The lowest BCUT2D eigenvalue weighted by atomic mass is 9.79. The van der Waals surface area contributed by atoms with Gasteiger partial charge < -0.3 is 5.32 Å². The van der Waals surface area contributed by atoms with Gasteiger partial charge in [0.25, 0.3) is 0 Å². The highest BCUT2D eigenvalue weighted by Gasteiger charge is 2.31. The van der Waals surface area contributed by atoms with Crippen LogP contribution in [0.2, 0.25) is 0 Å². The SMILES string of the molecule is CC1CCC(C)C(NC(C)c2cccc(C(F)(F)F)c2)C1. The molecule has 0 aliphatic heterocycles. The third-order valence-corrected chi connectivity index (χ3v) is 4.64. The van der Waals surface area contributed by atoms with Gasteiger partial charge in [0.15, 0.2) is 0 Å². The van der Waals surface area contributed by atoms with Crippen LogP contribution in [0.3, 0.4) is 0 Å². The van der Waals surface area contributed by atoms with Crippen molar-refractivity contribution in [2.75, 3.05) is 0 Å². The minimum atomic E-state index is -4.28. The zero-order chi connectivity index (χ0) is 15.6. The first-order valence-corrected chi connectivity index (χ1v) is 7.70. The van der Waals surface area contributed by atoms with Crippen molar-refractivity contribution in [1.29, 1.82) is 0 Å². The molecule has 1 aliphatic rings. The standard InChI is InChI=1S/C17H24F3N/c1-11-7-8-12(2)16(9-11)21-13(3)14-5-4-6-15(10-14)17(18,19)20/h4-6,10-13,16,21H,7-9H2,1-3H3. The van der Waals surface area contributed by atoms with Crippen LogP contribution in [-0.4, -0.2) is 6.04 Å². The van der Waals surface area contributed by atoms with Crippen LogP contribution in [0.5, 0.6) is 0 Å². The predicted octanol–water partition coefficient (Wildman–Crippen LogP) is 5.18. The minimum absolute atomic E-state index is 0.0648. The van der Waals surface area contributed by atoms with Crippen LogP contribution in [0.4, 0.5) is 13.2 Å². The summed E-state index contributed by atoms with van der Waals surface area (Å²) < 4.78 is 38.3. The van der Waals surface area contributed by atoms with E-state index in [1.54, 1.807) is 6.07 Å². The first-order chi connectivity index (χ1) is 9.77. The Morgan fingerprint density at radius 2 is 1.90 bits per heavy atom. The Hall–Kier alpha value is -1.03. The summed E-state index contributed by atoms with van der Waals surface area (Å²) in [6.45, 7) is 6.42. The Kier molecular flexibility index (Phi) is 4.97. The molecular formula is C17H24F3N. The Morgan fingerprint density at radius 3 is 2.57 bits per heavy atom. The number of halogens is 3. The normalized spacial score (nSPS) is 28.4. The average molecular weight is 299 g/mol. The summed E-state index contributed by atoms with van der Waals surface area (Å²) in [5.41, 5.74) is 0.133. The molecule has 0 amide bonds. The number of benzene rings is 1. The molecule has 0 bridgehead atoms. The van der Waals surface area contributed by atoms with Crippen molar-refractivity contribution in [1.82, 2.24) is 5.32 Å². The van der Waals surface area contributed by atoms with Gasteiger partial charge in [-0.25, -0.2) is 0 Å². The van der Waals surface area contributed by atoms with E-state index in [0.717, 1.165) is 12.5 Å².